The maximum Gasteiger partial charge on any atom is 0.0733 e. The van der Waals surface area contributed by atoms with E-state index in [4.69, 9.17) is 4.74 Å². The van der Waals surface area contributed by atoms with E-state index in [2.05, 4.69) is 24.0 Å². The van der Waals surface area contributed by atoms with Crippen LogP contribution in [0, 0.1) is 0 Å². The van der Waals surface area contributed by atoms with Crippen molar-refractivity contribution in [3.63, 3.8) is 0 Å². The highest BCUT2D eigenvalue weighted by atomic mass is 16.5. The first-order valence-electron chi connectivity index (χ1n) is 4.80. The zero-order chi connectivity index (χ0) is 10.2. The molecule has 14 heavy (non-hydrogen) atoms. The molecule has 0 heterocycles. The molecule has 0 atom stereocenters. The van der Waals surface area contributed by atoms with Crippen molar-refractivity contribution in [3.8, 4) is 0 Å². The van der Waals surface area contributed by atoms with Gasteiger partial charge in [0.25, 0.3) is 0 Å². The number of ether oxygens (including phenoxy) is 1. The van der Waals surface area contributed by atoms with Gasteiger partial charge in [-0.05, 0) is 12.5 Å². The number of nitrogens with one attached hydrogen (secondary N) is 1. The van der Waals surface area contributed by atoms with Gasteiger partial charge in [-0.3, -0.25) is 0 Å². The third-order valence-corrected chi connectivity index (χ3v) is 1.98. The molecular weight excluding hydrogens is 174 g/mol. The quantitative estimate of drug-likeness (QED) is 0.551. The SMILES string of the molecule is C=CCCNc1ccccc1COC. The number of methoxy groups -OCH3 is 1. The van der Waals surface area contributed by atoms with Crippen LogP contribution in [0.2, 0.25) is 0 Å². The predicted octanol–water partition coefficient (Wildman–Crippen LogP) is 2.82. The Morgan fingerprint density at radius 2 is 2.21 bits per heavy atom. The number of rotatable bonds is 6. The summed E-state index contributed by atoms with van der Waals surface area (Å²) in [5, 5.41) is 3.35. The van der Waals surface area contributed by atoms with Crippen molar-refractivity contribution in [1.29, 1.82) is 0 Å². The summed E-state index contributed by atoms with van der Waals surface area (Å²) in [5.41, 5.74) is 2.34. The minimum Gasteiger partial charge on any atom is -0.384 e. The monoisotopic (exact) mass is 191 g/mol. The summed E-state index contributed by atoms with van der Waals surface area (Å²) in [7, 11) is 1.71. The maximum absolute atomic E-state index is 5.11. The fourth-order valence-electron chi connectivity index (χ4n) is 1.28. The summed E-state index contributed by atoms with van der Waals surface area (Å²) in [6.07, 6.45) is 2.88. The Kier molecular flexibility index (Phi) is 4.79. The highest BCUT2D eigenvalue weighted by Gasteiger charge is 1.98. The molecule has 0 radical (unpaired) electrons. The Hall–Kier alpha value is -1.28. The van der Waals surface area contributed by atoms with Crippen LogP contribution in [0.1, 0.15) is 12.0 Å². The van der Waals surface area contributed by atoms with E-state index in [1.54, 1.807) is 7.11 Å². The van der Waals surface area contributed by atoms with E-state index < -0.39 is 0 Å². The lowest BCUT2D eigenvalue weighted by molar-refractivity contribution is 0.185. The van der Waals surface area contributed by atoms with Crippen molar-refractivity contribution >= 4 is 5.69 Å². The van der Waals surface area contributed by atoms with Crippen LogP contribution in [0.15, 0.2) is 36.9 Å². The average Bonchev–Trinajstić information content (AvgIpc) is 2.21. The third kappa shape index (κ3) is 3.23. The molecule has 0 bridgehead atoms. The zero-order valence-corrected chi connectivity index (χ0v) is 8.62. The molecule has 1 aromatic rings. The zero-order valence-electron chi connectivity index (χ0n) is 8.62. The van der Waals surface area contributed by atoms with Crippen molar-refractivity contribution in [2.24, 2.45) is 0 Å². The molecule has 1 N–H and O–H groups in total. The second-order valence-electron chi connectivity index (χ2n) is 3.09. The topological polar surface area (TPSA) is 21.3 Å². The van der Waals surface area contributed by atoms with E-state index in [1.165, 1.54) is 5.56 Å². The molecule has 2 nitrogen and oxygen atoms in total. The second kappa shape index (κ2) is 6.22. The van der Waals surface area contributed by atoms with Crippen molar-refractivity contribution in [2.75, 3.05) is 19.0 Å². The van der Waals surface area contributed by atoms with Gasteiger partial charge in [0.05, 0.1) is 6.61 Å². The highest BCUT2D eigenvalue weighted by molar-refractivity contribution is 5.50. The molecule has 0 aliphatic carbocycles. The van der Waals surface area contributed by atoms with E-state index >= 15 is 0 Å². The molecule has 0 aromatic heterocycles. The standard InChI is InChI=1S/C12H17NO/c1-3-4-9-13-12-8-6-5-7-11(12)10-14-2/h3,5-8,13H,1,4,9-10H2,2H3. The van der Waals surface area contributed by atoms with Crippen molar-refractivity contribution in [2.45, 2.75) is 13.0 Å². The van der Waals surface area contributed by atoms with Gasteiger partial charge in [0.15, 0.2) is 0 Å². The van der Waals surface area contributed by atoms with Crippen LogP contribution < -0.4 is 5.32 Å². The first-order chi connectivity index (χ1) is 6.88. The van der Waals surface area contributed by atoms with Crippen molar-refractivity contribution in [1.82, 2.24) is 0 Å². The van der Waals surface area contributed by atoms with E-state index in [0.717, 1.165) is 18.7 Å². The lowest BCUT2D eigenvalue weighted by Crippen LogP contribution is -2.03. The molecule has 0 aliphatic heterocycles. The predicted molar refractivity (Wildman–Crippen MR) is 60.5 cm³/mol. The van der Waals surface area contributed by atoms with E-state index in [9.17, 15) is 0 Å². The number of anilines is 1. The van der Waals surface area contributed by atoms with Crippen LogP contribution in [0.3, 0.4) is 0 Å². The van der Waals surface area contributed by atoms with E-state index in [-0.39, 0.29) is 0 Å². The summed E-state index contributed by atoms with van der Waals surface area (Å²) in [5.74, 6) is 0. The third-order valence-electron chi connectivity index (χ3n) is 1.98. The van der Waals surface area contributed by atoms with Gasteiger partial charge in [-0.1, -0.05) is 24.3 Å². The lowest BCUT2D eigenvalue weighted by atomic mass is 10.2. The molecular formula is C12H17NO. The van der Waals surface area contributed by atoms with Gasteiger partial charge in [-0.2, -0.15) is 0 Å². The Morgan fingerprint density at radius 1 is 1.43 bits per heavy atom. The maximum atomic E-state index is 5.11. The molecule has 1 rings (SSSR count). The number of hydrogen-bond donors (Lipinski definition) is 1. The van der Waals surface area contributed by atoms with Gasteiger partial charge in [-0.15, -0.1) is 6.58 Å². The van der Waals surface area contributed by atoms with E-state index in [0.29, 0.717) is 6.61 Å². The van der Waals surface area contributed by atoms with Gasteiger partial charge in [0.1, 0.15) is 0 Å². The minimum atomic E-state index is 0.650. The Labute approximate surface area is 85.6 Å². The number of hydrogen-bond acceptors (Lipinski definition) is 2. The van der Waals surface area contributed by atoms with Crippen LogP contribution in [0.4, 0.5) is 5.69 Å². The lowest BCUT2D eigenvalue weighted by Gasteiger charge is -2.10. The van der Waals surface area contributed by atoms with Crippen LogP contribution in [0.25, 0.3) is 0 Å². The molecule has 76 valence electrons. The van der Waals surface area contributed by atoms with Gasteiger partial charge >= 0.3 is 0 Å². The molecule has 0 saturated heterocycles. The van der Waals surface area contributed by atoms with Crippen LogP contribution in [-0.4, -0.2) is 13.7 Å². The Bertz CT molecular complexity index is 283. The molecule has 0 spiro atoms. The van der Waals surface area contributed by atoms with E-state index in [1.807, 2.05) is 18.2 Å². The van der Waals surface area contributed by atoms with Gasteiger partial charge in [0, 0.05) is 24.9 Å². The summed E-state index contributed by atoms with van der Waals surface area (Å²) in [6.45, 7) is 5.26. The molecule has 0 amide bonds. The second-order valence-corrected chi connectivity index (χ2v) is 3.09. The smallest absolute Gasteiger partial charge is 0.0733 e. The van der Waals surface area contributed by atoms with Gasteiger partial charge < -0.3 is 10.1 Å². The fourth-order valence-corrected chi connectivity index (χ4v) is 1.28. The normalized spacial score (nSPS) is 9.79. The first kappa shape index (κ1) is 10.8. The molecule has 1 aromatic carbocycles. The van der Waals surface area contributed by atoms with Crippen LogP contribution in [0.5, 0.6) is 0 Å². The van der Waals surface area contributed by atoms with Crippen LogP contribution >= 0.6 is 0 Å². The molecule has 0 unspecified atom stereocenters. The number of benzene rings is 1. The summed E-state index contributed by atoms with van der Waals surface area (Å²) in [6, 6.07) is 8.18. The van der Waals surface area contributed by atoms with Gasteiger partial charge in [-0.25, -0.2) is 0 Å². The molecule has 0 saturated carbocycles. The largest absolute Gasteiger partial charge is 0.384 e. The van der Waals surface area contributed by atoms with Crippen LogP contribution in [-0.2, 0) is 11.3 Å². The fraction of sp³-hybridized carbons (Fsp3) is 0.333. The van der Waals surface area contributed by atoms with Crippen molar-refractivity contribution < 1.29 is 4.74 Å². The summed E-state index contributed by atoms with van der Waals surface area (Å²) in [4.78, 5) is 0. The molecule has 0 fully saturated rings. The highest BCUT2D eigenvalue weighted by Crippen LogP contribution is 2.15. The minimum absolute atomic E-state index is 0.650. The molecule has 0 aliphatic rings. The number of para-hydroxylation sites is 1. The first-order valence-corrected chi connectivity index (χ1v) is 4.80. The average molecular weight is 191 g/mol. The van der Waals surface area contributed by atoms with Crippen molar-refractivity contribution in [3.05, 3.63) is 42.5 Å². The summed E-state index contributed by atoms with van der Waals surface area (Å²) >= 11 is 0. The van der Waals surface area contributed by atoms with Gasteiger partial charge in [0.2, 0.25) is 0 Å². The Morgan fingerprint density at radius 3 is 2.93 bits per heavy atom. The molecule has 2 heteroatoms. The summed E-state index contributed by atoms with van der Waals surface area (Å²) < 4.78 is 5.11. The Balaban J connectivity index is 2.59.